The number of anilines is 1. The molecule has 2 heterocycles. The van der Waals surface area contributed by atoms with Crippen molar-refractivity contribution < 1.29 is 0 Å². The van der Waals surface area contributed by atoms with Crippen LogP contribution in [0.1, 0.15) is 19.5 Å². The van der Waals surface area contributed by atoms with Gasteiger partial charge in [-0.3, -0.25) is 9.88 Å². The normalized spacial score (nSPS) is 20.6. The molecule has 0 spiro atoms. The quantitative estimate of drug-likeness (QED) is 0.807. The number of hydrogen-bond donors (Lipinski definition) is 1. The topological polar surface area (TPSA) is 58.3 Å². The van der Waals surface area contributed by atoms with E-state index in [1.165, 1.54) is 0 Å². The fraction of sp³-hybridized carbons (Fsp3) is 0.667. The first-order valence-corrected chi connectivity index (χ1v) is 6.00. The molecule has 0 saturated carbocycles. The van der Waals surface area contributed by atoms with Crippen LogP contribution in [0.25, 0.3) is 0 Å². The summed E-state index contributed by atoms with van der Waals surface area (Å²) < 4.78 is 0. The number of likely N-dealkylation sites (N-methyl/N-ethyl adjacent to an activating group) is 1. The lowest BCUT2D eigenvalue weighted by molar-refractivity contribution is 0.138. The van der Waals surface area contributed by atoms with E-state index in [-0.39, 0.29) is 5.54 Å². The van der Waals surface area contributed by atoms with Crippen LogP contribution in [-0.4, -0.2) is 47.1 Å². The second kappa shape index (κ2) is 4.58. The lowest BCUT2D eigenvalue weighted by Crippen LogP contribution is -2.57. The van der Waals surface area contributed by atoms with Gasteiger partial charge in [-0.1, -0.05) is 0 Å². The Bertz CT molecular complexity index is 373. The zero-order valence-corrected chi connectivity index (χ0v) is 10.8. The van der Waals surface area contributed by atoms with Crippen LogP contribution in [-0.2, 0) is 6.54 Å². The Morgan fingerprint density at radius 2 is 2.06 bits per heavy atom. The summed E-state index contributed by atoms with van der Waals surface area (Å²) in [5.41, 5.74) is 6.53. The second-order valence-corrected chi connectivity index (χ2v) is 5.23. The van der Waals surface area contributed by atoms with Crippen molar-refractivity contribution in [1.82, 2.24) is 14.9 Å². The van der Waals surface area contributed by atoms with Crippen molar-refractivity contribution >= 4 is 5.82 Å². The number of rotatable bonds is 2. The van der Waals surface area contributed by atoms with Crippen molar-refractivity contribution in [2.45, 2.75) is 25.9 Å². The maximum atomic E-state index is 5.52. The monoisotopic (exact) mass is 235 g/mol. The van der Waals surface area contributed by atoms with Gasteiger partial charge in [0, 0.05) is 31.7 Å². The maximum absolute atomic E-state index is 5.52. The molecule has 1 aromatic rings. The van der Waals surface area contributed by atoms with Crippen molar-refractivity contribution in [2.75, 3.05) is 31.6 Å². The molecule has 17 heavy (non-hydrogen) atoms. The number of nitrogens with two attached hydrogens (primary N) is 1. The van der Waals surface area contributed by atoms with Crippen LogP contribution in [0.2, 0.25) is 0 Å². The van der Waals surface area contributed by atoms with Gasteiger partial charge in [0.15, 0.2) is 0 Å². The predicted molar refractivity (Wildman–Crippen MR) is 68.8 cm³/mol. The Hall–Kier alpha value is -1.20. The first-order valence-electron chi connectivity index (χ1n) is 6.00. The average Bonchev–Trinajstić information content (AvgIpc) is 2.33. The molecule has 2 rings (SSSR count). The third-order valence-corrected chi connectivity index (χ3v) is 3.54. The summed E-state index contributed by atoms with van der Waals surface area (Å²) in [7, 11) is 2.17. The van der Waals surface area contributed by atoms with E-state index in [0.29, 0.717) is 6.54 Å². The number of aromatic nitrogens is 2. The first-order chi connectivity index (χ1) is 8.03. The van der Waals surface area contributed by atoms with Crippen LogP contribution >= 0.6 is 0 Å². The Morgan fingerprint density at radius 1 is 1.29 bits per heavy atom. The summed E-state index contributed by atoms with van der Waals surface area (Å²) in [6, 6.07) is 0. The van der Waals surface area contributed by atoms with Gasteiger partial charge in [-0.05, 0) is 20.9 Å². The summed E-state index contributed by atoms with van der Waals surface area (Å²) >= 11 is 0. The largest absolute Gasteiger partial charge is 0.352 e. The first kappa shape index (κ1) is 12.3. The van der Waals surface area contributed by atoms with E-state index >= 15 is 0 Å². The molecule has 1 aromatic heterocycles. The van der Waals surface area contributed by atoms with Crippen molar-refractivity contribution in [3.63, 3.8) is 0 Å². The van der Waals surface area contributed by atoms with Crippen LogP contribution in [0.3, 0.4) is 0 Å². The fourth-order valence-corrected chi connectivity index (χ4v) is 2.05. The Balaban J connectivity index is 2.12. The van der Waals surface area contributed by atoms with Crippen LogP contribution in [0.5, 0.6) is 0 Å². The summed E-state index contributed by atoms with van der Waals surface area (Å²) in [6.45, 7) is 7.97. The molecule has 1 aliphatic rings. The van der Waals surface area contributed by atoms with E-state index < -0.39 is 0 Å². The lowest BCUT2D eigenvalue weighted by atomic mass is 10.00. The van der Waals surface area contributed by atoms with E-state index in [4.69, 9.17) is 5.73 Å². The molecule has 0 atom stereocenters. The van der Waals surface area contributed by atoms with Gasteiger partial charge >= 0.3 is 0 Å². The predicted octanol–water partition coefficient (Wildman–Crippen LogP) is 0.466. The van der Waals surface area contributed by atoms with Crippen LogP contribution in [0.4, 0.5) is 5.82 Å². The number of piperazine rings is 1. The molecule has 1 fully saturated rings. The highest BCUT2D eigenvalue weighted by Crippen LogP contribution is 2.22. The molecule has 0 bridgehead atoms. The van der Waals surface area contributed by atoms with Gasteiger partial charge in [-0.2, -0.15) is 0 Å². The van der Waals surface area contributed by atoms with E-state index in [2.05, 4.69) is 40.7 Å². The van der Waals surface area contributed by atoms with Gasteiger partial charge in [0.25, 0.3) is 0 Å². The minimum Gasteiger partial charge on any atom is -0.352 e. The molecule has 5 nitrogen and oxygen atoms in total. The molecular weight excluding hydrogens is 214 g/mol. The van der Waals surface area contributed by atoms with Crippen molar-refractivity contribution in [2.24, 2.45) is 5.73 Å². The highest BCUT2D eigenvalue weighted by Gasteiger charge is 2.31. The third-order valence-electron chi connectivity index (χ3n) is 3.54. The van der Waals surface area contributed by atoms with Crippen molar-refractivity contribution in [3.8, 4) is 0 Å². The minimum absolute atomic E-state index is 0.173. The number of nitrogens with zero attached hydrogens (tertiary/aromatic N) is 4. The van der Waals surface area contributed by atoms with Gasteiger partial charge in [-0.15, -0.1) is 0 Å². The highest BCUT2D eigenvalue weighted by molar-refractivity contribution is 5.37. The fourth-order valence-electron chi connectivity index (χ4n) is 2.05. The molecule has 0 amide bonds. The van der Waals surface area contributed by atoms with Gasteiger partial charge in [0.2, 0.25) is 0 Å². The molecule has 94 valence electrons. The summed E-state index contributed by atoms with van der Waals surface area (Å²) in [5, 5.41) is 0. The summed E-state index contributed by atoms with van der Waals surface area (Å²) in [4.78, 5) is 13.4. The summed E-state index contributed by atoms with van der Waals surface area (Å²) in [5.74, 6) is 0.948. The lowest BCUT2D eigenvalue weighted by Gasteiger charge is -2.45. The molecular formula is C12H21N5. The molecule has 1 aliphatic heterocycles. The smallest absolute Gasteiger partial charge is 0.147 e. The van der Waals surface area contributed by atoms with Gasteiger partial charge in [0.1, 0.15) is 5.82 Å². The second-order valence-electron chi connectivity index (χ2n) is 5.23. The van der Waals surface area contributed by atoms with E-state index in [0.717, 1.165) is 31.1 Å². The summed E-state index contributed by atoms with van der Waals surface area (Å²) in [6.07, 6.45) is 3.59. The van der Waals surface area contributed by atoms with E-state index in [9.17, 15) is 0 Å². The molecule has 0 aromatic carbocycles. The molecule has 0 unspecified atom stereocenters. The minimum atomic E-state index is 0.173. The van der Waals surface area contributed by atoms with Crippen molar-refractivity contribution in [1.29, 1.82) is 0 Å². The van der Waals surface area contributed by atoms with E-state index in [1.54, 1.807) is 6.20 Å². The van der Waals surface area contributed by atoms with E-state index in [1.807, 2.05) is 6.20 Å². The highest BCUT2D eigenvalue weighted by atomic mass is 15.3. The van der Waals surface area contributed by atoms with Gasteiger partial charge in [-0.25, -0.2) is 4.98 Å². The Morgan fingerprint density at radius 3 is 2.59 bits per heavy atom. The van der Waals surface area contributed by atoms with Crippen LogP contribution < -0.4 is 10.6 Å². The Kier molecular flexibility index (Phi) is 3.31. The van der Waals surface area contributed by atoms with Gasteiger partial charge < -0.3 is 10.6 Å². The Labute approximate surface area is 103 Å². The SMILES string of the molecule is CN1CCN(c2cnc(CN)cn2)CC1(C)C. The van der Waals surface area contributed by atoms with Gasteiger partial charge in [0.05, 0.1) is 18.1 Å². The molecule has 1 saturated heterocycles. The third kappa shape index (κ3) is 2.56. The maximum Gasteiger partial charge on any atom is 0.147 e. The average molecular weight is 235 g/mol. The number of hydrogen-bond acceptors (Lipinski definition) is 5. The molecule has 0 radical (unpaired) electrons. The zero-order valence-electron chi connectivity index (χ0n) is 10.8. The zero-order chi connectivity index (χ0) is 12.5. The standard InChI is InChI=1S/C12H21N5/c1-12(2)9-17(5-4-16(12)3)11-8-14-10(6-13)7-15-11/h7-8H,4-6,9,13H2,1-3H3. The van der Waals surface area contributed by atoms with Crippen LogP contribution in [0, 0.1) is 0 Å². The van der Waals surface area contributed by atoms with Crippen LogP contribution in [0.15, 0.2) is 12.4 Å². The molecule has 0 aliphatic carbocycles. The molecule has 5 heteroatoms. The molecule has 2 N–H and O–H groups in total. The van der Waals surface area contributed by atoms with Crippen molar-refractivity contribution in [3.05, 3.63) is 18.1 Å².